The molecule has 0 aliphatic carbocycles. The van der Waals surface area contributed by atoms with Gasteiger partial charge in [0.2, 0.25) is 0 Å². The molecule has 0 atom stereocenters. The number of carbonyl (C=O) groups excluding carboxylic acids is 1. The average molecular weight is 281 g/mol. The van der Waals surface area contributed by atoms with E-state index in [0.717, 1.165) is 6.07 Å². The normalized spacial score (nSPS) is 11.4. The third-order valence-electron chi connectivity index (χ3n) is 2.45. The number of alkyl halides is 3. The number of carbonyl (C=O) groups is 1. The second kappa shape index (κ2) is 5.56. The number of rotatable bonds is 3. The van der Waals surface area contributed by atoms with Gasteiger partial charge in [0.05, 0.1) is 11.1 Å². The van der Waals surface area contributed by atoms with Gasteiger partial charge in [-0.1, -0.05) is 11.6 Å². The van der Waals surface area contributed by atoms with Gasteiger partial charge < -0.3 is 4.90 Å². The van der Waals surface area contributed by atoms with E-state index in [2.05, 4.69) is 4.98 Å². The fourth-order valence-electron chi connectivity index (χ4n) is 1.43. The van der Waals surface area contributed by atoms with Crippen LogP contribution in [0.3, 0.4) is 0 Å². The largest absolute Gasteiger partial charge is 0.417 e. The van der Waals surface area contributed by atoms with Gasteiger partial charge in [-0.2, -0.15) is 13.2 Å². The molecule has 0 radical (unpaired) electrons. The Morgan fingerprint density at radius 1 is 1.39 bits per heavy atom. The number of aromatic nitrogens is 1. The highest BCUT2D eigenvalue weighted by atomic mass is 35.5. The Morgan fingerprint density at radius 2 is 1.94 bits per heavy atom. The maximum atomic E-state index is 12.5. The van der Waals surface area contributed by atoms with Gasteiger partial charge in [-0.15, -0.1) is 0 Å². The minimum absolute atomic E-state index is 0.222. The van der Waals surface area contributed by atoms with Gasteiger partial charge in [0, 0.05) is 19.3 Å². The van der Waals surface area contributed by atoms with Crippen molar-refractivity contribution in [2.24, 2.45) is 0 Å². The van der Waals surface area contributed by atoms with E-state index in [9.17, 15) is 18.0 Å². The summed E-state index contributed by atoms with van der Waals surface area (Å²) in [5.41, 5.74) is -1.21. The zero-order valence-corrected chi connectivity index (χ0v) is 10.6. The molecule has 1 aromatic heterocycles. The topological polar surface area (TPSA) is 33.2 Å². The second-order valence-corrected chi connectivity index (χ2v) is 3.90. The molecule has 0 spiro atoms. The minimum Gasteiger partial charge on any atom is -0.339 e. The first-order valence-corrected chi connectivity index (χ1v) is 5.71. The highest BCUT2D eigenvalue weighted by Gasteiger charge is 2.32. The van der Waals surface area contributed by atoms with E-state index in [-0.39, 0.29) is 10.7 Å². The van der Waals surface area contributed by atoms with Gasteiger partial charge in [-0.05, 0) is 19.9 Å². The van der Waals surface area contributed by atoms with Gasteiger partial charge in [0.15, 0.2) is 0 Å². The van der Waals surface area contributed by atoms with Crippen molar-refractivity contribution < 1.29 is 18.0 Å². The van der Waals surface area contributed by atoms with E-state index < -0.39 is 17.6 Å². The molecule has 1 amide bonds. The van der Waals surface area contributed by atoms with Crippen molar-refractivity contribution in [2.45, 2.75) is 20.0 Å². The first kappa shape index (κ1) is 14.8. The Balaban J connectivity index is 3.19. The molecule has 3 nitrogen and oxygen atoms in total. The first-order valence-electron chi connectivity index (χ1n) is 5.33. The van der Waals surface area contributed by atoms with Crippen molar-refractivity contribution in [1.29, 1.82) is 0 Å². The van der Waals surface area contributed by atoms with Gasteiger partial charge in [-0.25, -0.2) is 4.98 Å². The van der Waals surface area contributed by atoms with Crippen LogP contribution in [-0.4, -0.2) is 28.9 Å². The van der Waals surface area contributed by atoms with Crippen molar-refractivity contribution in [2.75, 3.05) is 13.1 Å². The van der Waals surface area contributed by atoms with Crippen LogP contribution in [0.4, 0.5) is 13.2 Å². The summed E-state index contributed by atoms with van der Waals surface area (Å²) in [6.07, 6.45) is -3.93. The highest BCUT2D eigenvalue weighted by molar-refractivity contribution is 6.32. The quantitative estimate of drug-likeness (QED) is 0.797. The van der Waals surface area contributed by atoms with Crippen LogP contribution in [0.1, 0.15) is 29.8 Å². The van der Waals surface area contributed by atoms with E-state index in [4.69, 9.17) is 11.6 Å². The lowest BCUT2D eigenvalue weighted by Gasteiger charge is -2.19. The molecule has 0 saturated carbocycles. The maximum absolute atomic E-state index is 12.5. The lowest BCUT2D eigenvalue weighted by Crippen LogP contribution is -2.31. The van der Waals surface area contributed by atoms with E-state index in [1.54, 1.807) is 13.8 Å². The summed E-state index contributed by atoms with van der Waals surface area (Å²) in [5.74, 6) is -0.552. The molecule has 7 heteroatoms. The first-order chi connectivity index (χ1) is 8.31. The number of nitrogens with zero attached hydrogens (tertiary/aromatic N) is 2. The summed E-state index contributed by atoms with van der Waals surface area (Å²) < 4.78 is 37.6. The van der Waals surface area contributed by atoms with Crippen LogP contribution in [0.25, 0.3) is 0 Å². The molecule has 0 unspecified atom stereocenters. The number of halogens is 4. The van der Waals surface area contributed by atoms with Crippen LogP contribution in [0.5, 0.6) is 0 Å². The van der Waals surface area contributed by atoms with Crippen LogP contribution in [0, 0.1) is 0 Å². The third kappa shape index (κ3) is 3.13. The lowest BCUT2D eigenvalue weighted by molar-refractivity contribution is -0.137. The summed E-state index contributed by atoms with van der Waals surface area (Å²) in [6.45, 7) is 4.25. The molecular formula is C11H12ClF3N2O. The average Bonchev–Trinajstić information content (AvgIpc) is 2.29. The molecular weight excluding hydrogens is 269 g/mol. The number of amides is 1. The number of pyridine rings is 1. The Hall–Kier alpha value is -1.30. The molecule has 1 aromatic rings. The molecule has 0 aliphatic heterocycles. The molecule has 100 valence electrons. The summed E-state index contributed by atoms with van der Waals surface area (Å²) >= 11 is 5.67. The van der Waals surface area contributed by atoms with E-state index in [0.29, 0.717) is 19.3 Å². The zero-order valence-electron chi connectivity index (χ0n) is 9.88. The highest BCUT2D eigenvalue weighted by Crippen LogP contribution is 2.30. The summed E-state index contributed by atoms with van der Waals surface area (Å²) in [4.78, 5) is 16.7. The van der Waals surface area contributed by atoms with E-state index in [1.807, 2.05) is 0 Å². The SMILES string of the molecule is CCN(CC)C(=O)c1cc(C(F)(F)F)cnc1Cl. The van der Waals surface area contributed by atoms with Crippen LogP contribution in [0.15, 0.2) is 12.3 Å². The summed E-state index contributed by atoms with van der Waals surface area (Å²) in [6, 6.07) is 0.732. The molecule has 0 N–H and O–H groups in total. The minimum atomic E-state index is -4.55. The Morgan fingerprint density at radius 3 is 2.39 bits per heavy atom. The fraction of sp³-hybridized carbons (Fsp3) is 0.455. The Labute approximate surface area is 108 Å². The van der Waals surface area contributed by atoms with Gasteiger partial charge >= 0.3 is 6.18 Å². The maximum Gasteiger partial charge on any atom is 0.417 e. The summed E-state index contributed by atoms with van der Waals surface area (Å²) in [7, 11) is 0. The Bertz CT molecular complexity index is 444. The van der Waals surface area contributed by atoms with Crippen molar-refractivity contribution in [3.8, 4) is 0 Å². The molecule has 0 saturated heterocycles. The number of hydrogen-bond acceptors (Lipinski definition) is 2. The van der Waals surface area contributed by atoms with Crippen molar-refractivity contribution in [3.63, 3.8) is 0 Å². The van der Waals surface area contributed by atoms with Crippen LogP contribution in [0.2, 0.25) is 5.15 Å². The van der Waals surface area contributed by atoms with Crippen LogP contribution in [-0.2, 0) is 6.18 Å². The molecule has 1 rings (SSSR count). The van der Waals surface area contributed by atoms with Gasteiger partial charge in [0.25, 0.3) is 5.91 Å². The molecule has 0 bridgehead atoms. The number of hydrogen-bond donors (Lipinski definition) is 0. The van der Waals surface area contributed by atoms with Crippen LogP contribution < -0.4 is 0 Å². The molecule has 1 heterocycles. The fourth-order valence-corrected chi connectivity index (χ4v) is 1.62. The van der Waals surface area contributed by atoms with E-state index in [1.165, 1.54) is 4.90 Å². The molecule has 18 heavy (non-hydrogen) atoms. The Kier molecular flexibility index (Phi) is 4.56. The molecule has 0 aromatic carbocycles. The van der Waals surface area contributed by atoms with Gasteiger partial charge in [-0.3, -0.25) is 4.79 Å². The second-order valence-electron chi connectivity index (χ2n) is 3.54. The standard InChI is InChI=1S/C11H12ClF3N2O/c1-3-17(4-2)10(18)8-5-7(11(13,14)15)6-16-9(8)12/h5-6H,3-4H2,1-2H3. The predicted octanol–water partition coefficient (Wildman–Crippen LogP) is 3.24. The molecule has 0 fully saturated rings. The van der Waals surface area contributed by atoms with Crippen molar-refractivity contribution in [1.82, 2.24) is 9.88 Å². The van der Waals surface area contributed by atoms with Crippen LogP contribution >= 0.6 is 11.6 Å². The smallest absolute Gasteiger partial charge is 0.339 e. The lowest BCUT2D eigenvalue weighted by atomic mass is 10.1. The monoisotopic (exact) mass is 280 g/mol. The predicted molar refractivity (Wildman–Crippen MR) is 61.5 cm³/mol. The van der Waals surface area contributed by atoms with Crippen molar-refractivity contribution in [3.05, 3.63) is 28.5 Å². The molecule has 0 aliphatic rings. The van der Waals surface area contributed by atoms with Gasteiger partial charge in [0.1, 0.15) is 5.15 Å². The third-order valence-corrected chi connectivity index (χ3v) is 2.75. The summed E-state index contributed by atoms with van der Waals surface area (Å²) in [5, 5.41) is -0.222. The van der Waals surface area contributed by atoms with E-state index >= 15 is 0 Å². The van der Waals surface area contributed by atoms with Crippen molar-refractivity contribution >= 4 is 17.5 Å². The zero-order chi connectivity index (χ0) is 13.9.